The number of allylic oxidation sites excluding steroid dienone is 4. The molecule has 2 aliphatic heterocycles. The SMILES string of the molecule is CO[C@H]1/C=C\C=C(/C)C(=O)NC2=CC(=O)C(NC(=O)c3ccc(CN4CCN(c5ccc([N+](=O)[O-])cc5)CC4)cc3)=C(C[C@@H](C)C[C@H](OC)[C@H](O)[C@@H](C)/C=C(\C)[C@H]1OC(N)=O)C2=O. The number of carbonyl (C=O) groups excluding carboxylic acids is 5. The lowest BCUT2D eigenvalue weighted by molar-refractivity contribution is -0.384. The Morgan fingerprint density at radius 2 is 1.65 bits per heavy atom. The Labute approximate surface area is 366 Å². The smallest absolute Gasteiger partial charge is 0.405 e. The van der Waals surface area contributed by atoms with Crippen molar-refractivity contribution < 1.29 is 48.2 Å². The fraction of sp³-hybridized carbons (Fsp3) is 0.413. The molecule has 1 saturated heterocycles. The average Bonchev–Trinajstić information content (AvgIpc) is 3.26. The zero-order valence-electron chi connectivity index (χ0n) is 36.4. The lowest BCUT2D eigenvalue weighted by Crippen LogP contribution is -2.45. The molecule has 2 aromatic rings. The number of methoxy groups -OCH3 is 2. The van der Waals surface area contributed by atoms with Crippen LogP contribution in [0.3, 0.4) is 0 Å². The van der Waals surface area contributed by atoms with Crippen molar-refractivity contribution in [2.24, 2.45) is 17.6 Å². The van der Waals surface area contributed by atoms with Gasteiger partial charge >= 0.3 is 6.09 Å². The number of nitrogens with zero attached hydrogens (tertiary/aromatic N) is 3. The Balaban J connectivity index is 1.35. The van der Waals surface area contributed by atoms with Gasteiger partial charge in [-0.25, -0.2) is 4.79 Å². The van der Waals surface area contributed by atoms with Crippen LogP contribution < -0.4 is 21.3 Å². The number of nitro benzene ring substituents is 1. The molecule has 5 N–H and O–H groups in total. The summed E-state index contributed by atoms with van der Waals surface area (Å²) in [6, 6.07) is 13.5. The number of carbonyl (C=O) groups is 5. The quantitative estimate of drug-likeness (QED) is 0.118. The number of nitro groups is 1. The molecule has 0 saturated carbocycles. The maximum absolute atomic E-state index is 14.2. The number of amides is 3. The largest absolute Gasteiger partial charge is 0.439 e. The van der Waals surface area contributed by atoms with Crippen molar-refractivity contribution in [1.29, 1.82) is 0 Å². The fourth-order valence-electron chi connectivity index (χ4n) is 7.88. The van der Waals surface area contributed by atoms with Crippen LogP contribution in [0.5, 0.6) is 0 Å². The first-order valence-corrected chi connectivity index (χ1v) is 20.7. The topological polar surface area (TPSA) is 233 Å². The molecule has 0 radical (unpaired) electrons. The molecule has 17 nitrogen and oxygen atoms in total. The summed E-state index contributed by atoms with van der Waals surface area (Å²) in [5, 5.41) is 27.7. The van der Waals surface area contributed by atoms with E-state index in [1.54, 1.807) is 50.3 Å². The molecular formula is C46H56N6O11. The third-order valence-electron chi connectivity index (χ3n) is 11.5. The first-order chi connectivity index (χ1) is 30.0. The van der Waals surface area contributed by atoms with Crippen molar-refractivity contribution in [2.75, 3.05) is 45.3 Å². The van der Waals surface area contributed by atoms with Gasteiger partial charge in [0.2, 0.25) is 11.6 Å². The summed E-state index contributed by atoms with van der Waals surface area (Å²) < 4.78 is 16.7. The van der Waals surface area contributed by atoms with E-state index < -0.39 is 64.7 Å². The Bertz CT molecular complexity index is 2200. The summed E-state index contributed by atoms with van der Waals surface area (Å²) >= 11 is 0. The van der Waals surface area contributed by atoms with Gasteiger partial charge in [-0.15, -0.1) is 0 Å². The van der Waals surface area contributed by atoms with E-state index in [-0.39, 0.29) is 52.6 Å². The standard InChI is InChI=1S/C46H56N6O11/c1-27-22-35-40(49-45(57)32-12-10-31(11-13-32)26-50-18-20-51(21-19-50)33-14-16-34(17-15-33)52(59)60)37(53)25-36(42(35)55)48-44(56)28(2)8-7-9-38(61-5)43(63-46(47)58)30(4)24-29(3)41(54)39(23-27)62-6/h7-17,24-25,27,29,38-39,41,43,54H,18-23,26H2,1-6H3,(H2,47,58)(H,48,56)(H,49,57)/b9-7-,28-8+,30-24+/t27-,29+,38+,39+,41-,43-/m1/s1. The lowest BCUT2D eigenvalue weighted by atomic mass is 9.85. The van der Waals surface area contributed by atoms with Crippen molar-refractivity contribution in [2.45, 2.75) is 71.5 Å². The van der Waals surface area contributed by atoms with E-state index in [0.717, 1.165) is 43.5 Å². The maximum atomic E-state index is 14.2. The van der Waals surface area contributed by atoms with Crippen molar-refractivity contribution in [3.8, 4) is 0 Å². The molecule has 6 atom stereocenters. The highest BCUT2D eigenvalue weighted by atomic mass is 16.6. The van der Waals surface area contributed by atoms with E-state index >= 15 is 0 Å². The van der Waals surface area contributed by atoms with Gasteiger partial charge in [-0.2, -0.15) is 0 Å². The number of benzene rings is 2. The predicted molar refractivity (Wildman–Crippen MR) is 234 cm³/mol. The molecule has 3 aliphatic rings. The van der Waals surface area contributed by atoms with E-state index in [1.165, 1.54) is 45.4 Å². The molecule has 0 aromatic heterocycles. The molecule has 63 heavy (non-hydrogen) atoms. The predicted octanol–water partition coefficient (Wildman–Crippen LogP) is 4.42. The Morgan fingerprint density at radius 3 is 2.25 bits per heavy atom. The molecule has 17 heteroatoms. The van der Waals surface area contributed by atoms with Gasteiger partial charge in [-0.05, 0) is 68.0 Å². The fourth-order valence-corrected chi connectivity index (χ4v) is 7.88. The summed E-state index contributed by atoms with van der Waals surface area (Å²) in [5.41, 5.74) is 7.82. The summed E-state index contributed by atoms with van der Waals surface area (Å²) in [7, 11) is 2.86. The number of fused-ring (bicyclic) bond motifs is 2. The van der Waals surface area contributed by atoms with Crippen molar-refractivity contribution in [3.63, 3.8) is 0 Å². The second-order valence-electron chi connectivity index (χ2n) is 16.1. The highest BCUT2D eigenvalue weighted by Gasteiger charge is 2.34. The van der Waals surface area contributed by atoms with Gasteiger partial charge in [0.1, 0.15) is 6.10 Å². The summed E-state index contributed by atoms with van der Waals surface area (Å²) in [5.74, 6) is -3.52. The van der Waals surface area contributed by atoms with Gasteiger partial charge in [-0.3, -0.25) is 34.2 Å². The van der Waals surface area contributed by atoms with Crippen molar-refractivity contribution in [3.05, 3.63) is 128 Å². The van der Waals surface area contributed by atoms with E-state index in [1.807, 2.05) is 19.1 Å². The van der Waals surface area contributed by atoms with Crippen LogP contribution in [0.15, 0.2) is 107 Å². The van der Waals surface area contributed by atoms with E-state index in [9.17, 15) is 39.2 Å². The number of non-ortho nitro benzene ring substituents is 1. The Morgan fingerprint density at radius 1 is 0.984 bits per heavy atom. The number of rotatable bonds is 9. The van der Waals surface area contributed by atoms with Crippen molar-refractivity contribution >= 4 is 40.8 Å². The molecular weight excluding hydrogens is 813 g/mol. The van der Waals surface area contributed by atoms with Gasteiger partial charge in [-0.1, -0.05) is 50.3 Å². The van der Waals surface area contributed by atoms with E-state index in [0.29, 0.717) is 12.1 Å². The van der Waals surface area contributed by atoms with Crippen LogP contribution in [-0.4, -0.2) is 109 Å². The normalized spacial score (nSPS) is 26.7. The number of aliphatic hydroxyl groups is 1. The van der Waals surface area contributed by atoms with Gasteiger partial charge in [0, 0.05) is 93.5 Å². The van der Waals surface area contributed by atoms with Crippen LogP contribution in [0.4, 0.5) is 16.2 Å². The average molecular weight is 869 g/mol. The zero-order chi connectivity index (χ0) is 46.0. The number of nitrogens with two attached hydrogens (primary N) is 1. The second-order valence-corrected chi connectivity index (χ2v) is 16.1. The van der Waals surface area contributed by atoms with Crippen LogP contribution in [0.2, 0.25) is 0 Å². The van der Waals surface area contributed by atoms with Crippen LogP contribution in [0.1, 0.15) is 56.5 Å². The number of ketones is 2. The first-order valence-electron chi connectivity index (χ1n) is 20.7. The zero-order valence-corrected chi connectivity index (χ0v) is 36.4. The molecule has 1 aliphatic carbocycles. The summed E-state index contributed by atoms with van der Waals surface area (Å²) in [4.78, 5) is 82.0. The minimum absolute atomic E-state index is 0.00917. The highest BCUT2D eigenvalue weighted by Crippen LogP contribution is 2.29. The molecule has 2 bridgehead atoms. The minimum atomic E-state index is -1.06. The minimum Gasteiger partial charge on any atom is -0.439 e. The van der Waals surface area contributed by atoms with Gasteiger partial charge < -0.3 is 40.6 Å². The van der Waals surface area contributed by atoms with E-state index in [2.05, 4.69) is 20.4 Å². The number of hydrogen-bond donors (Lipinski definition) is 4. The van der Waals surface area contributed by atoms with Crippen LogP contribution >= 0.6 is 0 Å². The lowest BCUT2D eigenvalue weighted by Gasteiger charge is -2.36. The summed E-state index contributed by atoms with van der Waals surface area (Å²) in [6.45, 7) is 10.4. The van der Waals surface area contributed by atoms with Gasteiger partial charge in [0.25, 0.3) is 17.5 Å². The van der Waals surface area contributed by atoms with Gasteiger partial charge in [0.05, 0.1) is 28.5 Å². The number of ether oxygens (including phenoxy) is 3. The van der Waals surface area contributed by atoms with Crippen LogP contribution in [0, 0.1) is 22.0 Å². The molecule has 2 heterocycles. The second kappa shape index (κ2) is 21.7. The van der Waals surface area contributed by atoms with Gasteiger partial charge in [0.15, 0.2) is 6.10 Å². The number of primary amides is 1. The number of aliphatic hydroxyl groups excluding tert-OH is 1. The summed E-state index contributed by atoms with van der Waals surface area (Å²) in [6.07, 6.45) is 2.82. The number of nitrogens with one attached hydrogen (secondary N) is 2. The highest BCUT2D eigenvalue weighted by molar-refractivity contribution is 6.24. The van der Waals surface area contributed by atoms with Crippen LogP contribution in [-0.2, 0) is 35.1 Å². The third kappa shape index (κ3) is 12.4. The number of Topliss-reactive ketones (excluding diaryl/α,β-unsaturated/α-hetero) is 1. The molecule has 0 unspecified atom stereocenters. The first kappa shape index (κ1) is 47.8. The maximum Gasteiger partial charge on any atom is 0.405 e. The number of hydrogen-bond acceptors (Lipinski definition) is 13. The molecule has 2 aromatic carbocycles. The molecule has 0 spiro atoms. The van der Waals surface area contributed by atoms with Crippen molar-refractivity contribution in [1.82, 2.24) is 15.5 Å². The Hall–Kier alpha value is -6.27. The Kier molecular flexibility index (Phi) is 16.4. The van der Waals surface area contributed by atoms with Crippen LogP contribution in [0.25, 0.3) is 0 Å². The monoisotopic (exact) mass is 868 g/mol. The molecule has 5 rings (SSSR count). The number of anilines is 1. The third-order valence-corrected chi connectivity index (χ3v) is 11.5. The molecule has 3 amide bonds. The van der Waals surface area contributed by atoms with E-state index in [4.69, 9.17) is 19.9 Å². The molecule has 336 valence electrons. The molecule has 1 fully saturated rings. The number of piperazine rings is 1.